The summed E-state index contributed by atoms with van der Waals surface area (Å²) in [6.45, 7) is 3.86. The molecule has 1 atom stereocenters. The first kappa shape index (κ1) is 20.1. The first-order chi connectivity index (χ1) is 10.6. The van der Waals surface area contributed by atoms with Crippen LogP contribution in [0.15, 0.2) is 23.2 Å². The molecule has 1 aromatic carbocycles. The van der Waals surface area contributed by atoms with E-state index in [2.05, 4.69) is 15.6 Å². The van der Waals surface area contributed by atoms with E-state index in [1.165, 1.54) is 25.0 Å². The maximum absolute atomic E-state index is 13.7. The molecule has 0 spiro atoms. The predicted molar refractivity (Wildman–Crippen MR) is 98.2 cm³/mol. The van der Waals surface area contributed by atoms with Crippen LogP contribution in [-0.4, -0.2) is 32.8 Å². The zero-order valence-corrected chi connectivity index (χ0v) is 15.8. The van der Waals surface area contributed by atoms with Gasteiger partial charge in [-0.3, -0.25) is 4.99 Å². The van der Waals surface area contributed by atoms with Crippen molar-refractivity contribution in [2.24, 2.45) is 10.9 Å². The van der Waals surface area contributed by atoms with Gasteiger partial charge in [-0.05, 0) is 31.7 Å². The fraction of sp³-hybridized carbons (Fsp3) is 0.562. The number of ether oxygens (including phenoxy) is 1. The number of nitrogens with zero attached hydrogens (tertiary/aromatic N) is 1. The number of halogens is 3. The number of nitrogens with one attached hydrogen (secondary N) is 2. The molecule has 130 valence electrons. The summed E-state index contributed by atoms with van der Waals surface area (Å²) in [5.41, 5.74) is 0.398. The average Bonchev–Trinajstić information content (AvgIpc) is 3.29. The molecule has 0 amide bonds. The highest BCUT2D eigenvalue weighted by atomic mass is 127. The molecule has 1 fully saturated rings. The van der Waals surface area contributed by atoms with E-state index in [0.717, 1.165) is 18.6 Å². The van der Waals surface area contributed by atoms with Gasteiger partial charge in [0, 0.05) is 31.8 Å². The van der Waals surface area contributed by atoms with Crippen molar-refractivity contribution in [3.63, 3.8) is 0 Å². The molecule has 23 heavy (non-hydrogen) atoms. The van der Waals surface area contributed by atoms with Gasteiger partial charge in [0.15, 0.2) is 5.96 Å². The summed E-state index contributed by atoms with van der Waals surface area (Å²) < 4.78 is 32.2. The van der Waals surface area contributed by atoms with Gasteiger partial charge in [-0.2, -0.15) is 0 Å². The summed E-state index contributed by atoms with van der Waals surface area (Å²) in [5, 5.41) is 6.19. The Bertz CT molecular complexity index is 524. The lowest BCUT2D eigenvalue weighted by molar-refractivity contribution is 0.129. The Morgan fingerprint density at radius 2 is 2.13 bits per heavy atom. The molecule has 1 aliphatic carbocycles. The van der Waals surface area contributed by atoms with Crippen molar-refractivity contribution in [1.29, 1.82) is 0 Å². The van der Waals surface area contributed by atoms with Gasteiger partial charge < -0.3 is 15.4 Å². The Hall–Kier alpha value is -0.960. The van der Waals surface area contributed by atoms with Gasteiger partial charge >= 0.3 is 0 Å². The van der Waals surface area contributed by atoms with Crippen molar-refractivity contribution >= 4 is 29.9 Å². The third kappa shape index (κ3) is 6.99. The van der Waals surface area contributed by atoms with Crippen molar-refractivity contribution < 1.29 is 13.5 Å². The molecule has 0 aliphatic heterocycles. The Labute approximate surface area is 153 Å². The monoisotopic (exact) mass is 439 g/mol. The maximum Gasteiger partial charge on any atom is 0.191 e. The van der Waals surface area contributed by atoms with E-state index < -0.39 is 11.6 Å². The molecule has 1 aliphatic rings. The van der Waals surface area contributed by atoms with Crippen molar-refractivity contribution in [3.8, 4) is 0 Å². The van der Waals surface area contributed by atoms with Gasteiger partial charge in [-0.1, -0.05) is 6.07 Å². The molecule has 0 heterocycles. The highest BCUT2D eigenvalue weighted by Gasteiger charge is 2.20. The molecule has 0 bridgehead atoms. The van der Waals surface area contributed by atoms with Gasteiger partial charge in [0.05, 0.1) is 12.6 Å². The third-order valence-electron chi connectivity index (χ3n) is 3.60. The summed E-state index contributed by atoms with van der Waals surface area (Å²) in [7, 11) is 1.65. The fourth-order valence-corrected chi connectivity index (χ4v) is 2.11. The summed E-state index contributed by atoms with van der Waals surface area (Å²) >= 11 is 0. The van der Waals surface area contributed by atoms with Crippen LogP contribution in [0.25, 0.3) is 0 Å². The summed E-state index contributed by atoms with van der Waals surface area (Å²) in [6, 6.07) is 3.25. The van der Waals surface area contributed by atoms with Crippen LogP contribution in [0.3, 0.4) is 0 Å². The van der Waals surface area contributed by atoms with Gasteiger partial charge in [0.1, 0.15) is 11.6 Å². The van der Waals surface area contributed by atoms with Crippen molar-refractivity contribution in [2.45, 2.75) is 25.8 Å². The Balaban J connectivity index is 0.00000264. The van der Waals surface area contributed by atoms with Gasteiger partial charge in [0.25, 0.3) is 0 Å². The van der Waals surface area contributed by atoms with Gasteiger partial charge in [-0.25, -0.2) is 8.78 Å². The second-order valence-electron chi connectivity index (χ2n) is 5.55. The van der Waals surface area contributed by atoms with Crippen LogP contribution in [-0.2, 0) is 4.74 Å². The van der Waals surface area contributed by atoms with Crippen LogP contribution in [0.5, 0.6) is 0 Å². The minimum Gasteiger partial charge on any atom is -0.379 e. The SMILES string of the molecule is CN=C(NCCOCC1CC1)NC(C)c1ccc(F)cc1F.I. The zero-order chi connectivity index (χ0) is 15.9. The lowest BCUT2D eigenvalue weighted by Crippen LogP contribution is -2.40. The molecule has 0 aromatic heterocycles. The summed E-state index contributed by atoms with van der Waals surface area (Å²) in [5.74, 6) is 0.164. The van der Waals surface area contributed by atoms with Crippen LogP contribution in [0, 0.1) is 17.6 Å². The van der Waals surface area contributed by atoms with Crippen LogP contribution < -0.4 is 10.6 Å². The van der Waals surface area contributed by atoms with Gasteiger partial charge in [-0.15, -0.1) is 24.0 Å². The first-order valence-corrected chi connectivity index (χ1v) is 7.60. The topological polar surface area (TPSA) is 45.7 Å². The molecule has 1 aromatic rings. The highest BCUT2D eigenvalue weighted by molar-refractivity contribution is 14.0. The van der Waals surface area contributed by atoms with Crippen molar-refractivity contribution in [2.75, 3.05) is 26.8 Å². The second kappa shape index (κ2) is 10.0. The number of benzene rings is 1. The van der Waals surface area contributed by atoms with E-state index in [1.54, 1.807) is 14.0 Å². The van der Waals surface area contributed by atoms with E-state index in [0.29, 0.717) is 24.7 Å². The molecule has 2 rings (SSSR count). The quantitative estimate of drug-likeness (QED) is 0.297. The van der Waals surface area contributed by atoms with Crippen LogP contribution in [0.2, 0.25) is 0 Å². The molecule has 0 radical (unpaired) electrons. The predicted octanol–water partition coefficient (Wildman–Crippen LogP) is 3.24. The van der Waals surface area contributed by atoms with Crippen molar-refractivity contribution in [3.05, 3.63) is 35.4 Å². The number of guanidine groups is 1. The number of hydrogen-bond acceptors (Lipinski definition) is 2. The Morgan fingerprint density at radius 3 is 2.74 bits per heavy atom. The maximum atomic E-state index is 13.7. The summed E-state index contributed by atoms with van der Waals surface area (Å²) in [4.78, 5) is 4.09. The third-order valence-corrected chi connectivity index (χ3v) is 3.60. The highest BCUT2D eigenvalue weighted by Crippen LogP contribution is 2.28. The minimum atomic E-state index is -0.580. The average molecular weight is 439 g/mol. The molecule has 7 heteroatoms. The number of hydrogen-bond donors (Lipinski definition) is 2. The van der Waals surface area contributed by atoms with E-state index in [-0.39, 0.29) is 30.0 Å². The van der Waals surface area contributed by atoms with Gasteiger partial charge in [0.2, 0.25) is 0 Å². The molecule has 0 saturated heterocycles. The van der Waals surface area contributed by atoms with E-state index in [9.17, 15) is 8.78 Å². The zero-order valence-electron chi connectivity index (χ0n) is 13.4. The number of rotatable bonds is 7. The van der Waals surface area contributed by atoms with Crippen molar-refractivity contribution in [1.82, 2.24) is 10.6 Å². The lowest BCUT2D eigenvalue weighted by Gasteiger charge is -2.18. The second-order valence-corrected chi connectivity index (χ2v) is 5.55. The molecular weight excluding hydrogens is 415 g/mol. The Kier molecular flexibility index (Phi) is 8.75. The Morgan fingerprint density at radius 1 is 1.39 bits per heavy atom. The molecule has 1 saturated carbocycles. The largest absolute Gasteiger partial charge is 0.379 e. The fourth-order valence-electron chi connectivity index (χ4n) is 2.11. The van der Waals surface area contributed by atoms with E-state index in [4.69, 9.17) is 4.74 Å². The minimum absolute atomic E-state index is 0. The van der Waals surface area contributed by atoms with Crippen LogP contribution in [0.1, 0.15) is 31.4 Å². The molecule has 4 nitrogen and oxygen atoms in total. The smallest absolute Gasteiger partial charge is 0.191 e. The van der Waals surface area contributed by atoms with E-state index >= 15 is 0 Å². The van der Waals surface area contributed by atoms with Crippen LogP contribution >= 0.6 is 24.0 Å². The summed E-state index contributed by atoms with van der Waals surface area (Å²) in [6.07, 6.45) is 2.55. The molecular formula is C16H24F2IN3O. The normalized spacial score (nSPS) is 15.7. The van der Waals surface area contributed by atoms with E-state index in [1.807, 2.05) is 0 Å². The first-order valence-electron chi connectivity index (χ1n) is 7.60. The lowest BCUT2D eigenvalue weighted by atomic mass is 10.1. The standard InChI is InChI=1S/C16H23F2N3O.HI/c1-11(14-6-5-13(17)9-15(14)18)21-16(19-2)20-7-8-22-10-12-3-4-12;/h5-6,9,11-12H,3-4,7-8,10H2,1-2H3,(H2,19,20,21);1H. The van der Waals surface area contributed by atoms with Crippen LogP contribution in [0.4, 0.5) is 8.78 Å². The number of aliphatic imine (C=N–C) groups is 1. The molecule has 2 N–H and O–H groups in total. The molecule has 1 unspecified atom stereocenters.